The van der Waals surface area contributed by atoms with Crippen LogP contribution < -0.4 is 0 Å². The van der Waals surface area contributed by atoms with E-state index in [1.165, 1.54) is 0 Å². The van der Waals surface area contributed by atoms with E-state index >= 15 is 0 Å². The number of imidazole rings is 1. The van der Waals surface area contributed by atoms with E-state index in [4.69, 9.17) is 0 Å². The van der Waals surface area contributed by atoms with Gasteiger partial charge in [-0.25, -0.2) is 22.7 Å². The first-order valence-electron chi connectivity index (χ1n) is 9.31. The molecule has 5 rings (SSSR count). The molecule has 2 fully saturated rings. The van der Waals surface area contributed by atoms with E-state index in [0.717, 1.165) is 60.6 Å². The largest absolute Gasteiger partial charge is 0.346 e. The minimum Gasteiger partial charge on any atom is -0.346 e. The van der Waals surface area contributed by atoms with Crippen molar-refractivity contribution in [2.45, 2.75) is 55.9 Å². The number of nitrogens with zero attached hydrogens (tertiary/aromatic N) is 4. The molecule has 138 valence electrons. The van der Waals surface area contributed by atoms with Crippen LogP contribution in [-0.4, -0.2) is 50.6 Å². The van der Waals surface area contributed by atoms with Gasteiger partial charge in [0, 0.05) is 30.7 Å². The molecule has 3 aromatic rings. The monoisotopic (exact) mass is 373 g/mol. The van der Waals surface area contributed by atoms with Gasteiger partial charge in [0.2, 0.25) is 10.0 Å². The highest BCUT2D eigenvalue weighted by Crippen LogP contribution is 2.37. The molecule has 7 nitrogen and oxygen atoms in total. The van der Waals surface area contributed by atoms with Crippen molar-refractivity contribution in [3.05, 3.63) is 24.8 Å². The van der Waals surface area contributed by atoms with Crippen LogP contribution in [0.15, 0.2) is 24.8 Å². The van der Waals surface area contributed by atoms with E-state index in [0.29, 0.717) is 6.04 Å². The van der Waals surface area contributed by atoms with Crippen molar-refractivity contribution in [3.8, 4) is 0 Å². The van der Waals surface area contributed by atoms with Crippen LogP contribution in [-0.2, 0) is 10.0 Å². The van der Waals surface area contributed by atoms with Crippen molar-refractivity contribution >= 4 is 32.1 Å². The van der Waals surface area contributed by atoms with Gasteiger partial charge in [-0.05, 0) is 44.6 Å². The summed E-state index contributed by atoms with van der Waals surface area (Å²) < 4.78 is 28.9. The van der Waals surface area contributed by atoms with E-state index in [1.807, 2.05) is 24.8 Å². The Labute approximate surface area is 152 Å². The molecule has 0 aliphatic heterocycles. The fourth-order valence-electron chi connectivity index (χ4n) is 4.32. The van der Waals surface area contributed by atoms with Crippen molar-refractivity contribution in [3.63, 3.8) is 0 Å². The van der Waals surface area contributed by atoms with Gasteiger partial charge in [-0.2, -0.15) is 0 Å². The summed E-state index contributed by atoms with van der Waals surface area (Å²) in [4.78, 5) is 12.1. The summed E-state index contributed by atoms with van der Waals surface area (Å²) in [6.45, 7) is 0. The smallest absolute Gasteiger partial charge is 0.216 e. The zero-order valence-corrected chi connectivity index (χ0v) is 15.6. The summed E-state index contributed by atoms with van der Waals surface area (Å²) in [7, 11) is -1.33. The first-order valence-corrected chi connectivity index (χ1v) is 10.8. The summed E-state index contributed by atoms with van der Waals surface area (Å²) >= 11 is 0. The van der Waals surface area contributed by atoms with Crippen molar-refractivity contribution in [2.75, 3.05) is 7.05 Å². The van der Waals surface area contributed by atoms with Crippen LogP contribution in [0.5, 0.6) is 0 Å². The molecule has 0 radical (unpaired) electrons. The van der Waals surface area contributed by atoms with E-state index in [1.54, 1.807) is 11.4 Å². The van der Waals surface area contributed by atoms with Crippen LogP contribution in [0.25, 0.3) is 22.1 Å². The summed E-state index contributed by atoms with van der Waals surface area (Å²) in [5, 5.41) is 0.966. The molecule has 0 unspecified atom stereocenters. The second-order valence-electron chi connectivity index (χ2n) is 7.61. The van der Waals surface area contributed by atoms with Crippen molar-refractivity contribution < 1.29 is 8.42 Å². The van der Waals surface area contributed by atoms with Gasteiger partial charge >= 0.3 is 0 Å². The maximum Gasteiger partial charge on any atom is 0.216 e. The molecule has 8 heteroatoms. The first kappa shape index (κ1) is 16.3. The number of nitrogens with one attached hydrogen (secondary N) is 1. The molecule has 0 bridgehead atoms. The number of H-pyrrole nitrogens is 1. The molecule has 2 aliphatic carbocycles. The molecule has 2 aliphatic rings. The Hall–Kier alpha value is -1.93. The van der Waals surface area contributed by atoms with Crippen molar-refractivity contribution in [2.24, 2.45) is 0 Å². The molecule has 0 atom stereocenters. The minimum absolute atomic E-state index is 0.126. The molecule has 0 amide bonds. The predicted molar refractivity (Wildman–Crippen MR) is 100 cm³/mol. The van der Waals surface area contributed by atoms with E-state index in [2.05, 4.69) is 19.5 Å². The Morgan fingerprint density at radius 1 is 1.15 bits per heavy atom. The van der Waals surface area contributed by atoms with E-state index < -0.39 is 10.0 Å². The van der Waals surface area contributed by atoms with Gasteiger partial charge < -0.3 is 9.55 Å². The molecule has 2 saturated carbocycles. The third-order valence-corrected chi connectivity index (χ3v) is 8.45. The lowest BCUT2D eigenvalue weighted by Crippen LogP contribution is -2.41. The Morgan fingerprint density at radius 2 is 1.92 bits per heavy atom. The Kier molecular flexibility index (Phi) is 3.62. The second-order valence-corrected chi connectivity index (χ2v) is 9.88. The number of fused-ring (bicyclic) bond motifs is 3. The van der Waals surface area contributed by atoms with Gasteiger partial charge in [0.05, 0.1) is 23.3 Å². The van der Waals surface area contributed by atoms with E-state index in [-0.39, 0.29) is 11.3 Å². The fraction of sp³-hybridized carbons (Fsp3) is 0.556. The molecule has 3 aromatic heterocycles. The van der Waals surface area contributed by atoms with Crippen LogP contribution in [0.1, 0.15) is 44.6 Å². The number of aromatic nitrogens is 4. The van der Waals surface area contributed by atoms with Crippen molar-refractivity contribution in [1.82, 2.24) is 23.8 Å². The van der Waals surface area contributed by atoms with Gasteiger partial charge in [0.15, 0.2) is 0 Å². The highest BCUT2D eigenvalue weighted by atomic mass is 32.2. The summed E-state index contributed by atoms with van der Waals surface area (Å²) in [5.41, 5.74) is 2.91. The molecule has 0 aromatic carbocycles. The molecule has 3 heterocycles. The topological polar surface area (TPSA) is 83.9 Å². The Balaban J connectivity index is 1.39. The van der Waals surface area contributed by atoms with Gasteiger partial charge in [-0.15, -0.1) is 0 Å². The maximum absolute atomic E-state index is 12.5. The number of pyridine rings is 1. The van der Waals surface area contributed by atoms with Crippen LogP contribution in [0.2, 0.25) is 0 Å². The molecule has 0 spiro atoms. The number of sulfonamides is 1. The zero-order chi connectivity index (χ0) is 17.9. The fourth-order valence-corrected chi connectivity index (χ4v) is 6.15. The van der Waals surface area contributed by atoms with Gasteiger partial charge in [-0.3, -0.25) is 0 Å². The van der Waals surface area contributed by atoms with Gasteiger partial charge in [0.25, 0.3) is 0 Å². The second kappa shape index (κ2) is 5.79. The highest BCUT2D eigenvalue weighted by Gasteiger charge is 2.41. The number of rotatable bonds is 4. The lowest BCUT2D eigenvalue weighted by molar-refractivity contribution is 0.239. The number of hydrogen-bond acceptors (Lipinski definition) is 4. The standard InChI is InChI=1S/C18H23N5O2S/c1-22(26(24,25)14-6-7-14)12-2-4-13(5-3-12)23-11-21-16-10-20-18-15(17(16)23)8-9-19-18/h8-14H,2-7H2,1H3,(H,19,20)/t12-,13-. The predicted octanol–water partition coefficient (Wildman–Crippen LogP) is 2.82. The molecule has 26 heavy (non-hydrogen) atoms. The van der Waals surface area contributed by atoms with Crippen LogP contribution in [0, 0.1) is 0 Å². The summed E-state index contributed by atoms with van der Waals surface area (Å²) in [6, 6.07) is 2.53. The Bertz CT molecular complexity index is 1060. The lowest BCUT2D eigenvalue weighted by atomic mass is 9.91. The van der Waals surface area contributed by atoms with Crippen molar-refractivity contribution in [1.29, 1.82) is 0 Å². The van der Waals surface area contributed by atoms with Crippen LogP contribution in [0.4, 0.5) is 0 Å². The number of hydrogen-bond donors (Lipinski definition) is 1. The molecule has 0 saturated heterocycles. The normalized spacial score (nSPS) is 24.7. The number of aromatic amines is 1. The molecular formula is C18H23N5O2S. The van der Waals surface area contributed by atoms with Crippen LogP contribution >= 0.6 is 0 Å². The van der Waals surface area contributed by atoms with E-state index in [9.17, 15) is 8.42 Å². The maximum atomic E-state index is 12.5. The van der Waals surface area contributed by atoms with Crippen LogP contribution in [0.3, 0.4) is 0 Å². The quantitative estimate of drug-likeness (QED) is 0.762. The highest BCUT2D eigenvalue weighted by molar-refractivity contribution is 7.90. The SMILES string of the molecule is CN([C@H]1CC[C@H](n2cnc3cnc4[nH]ccc4c32)CC1)S(=O)(=O)C1CC1. The summed E-state index contributed by atoms with van der Waals surface area (Å²) in [5.74, 6) is 0. The third kappa shape index (κ3) is 2.46. The first-order chi connectivity index (χ1) is 12.6. The van der Waals surface area contributed by atoms with Gasteiger partial charge in [-0.1, -0.05) is 0 Å². The lowest BCUT2D eigenvalue weighted by Gasteiger charge is -2.34. The average molecular weight is 373 g/mol. The Morgan fingerprint density at radius 3 is 2.65 bits per heavy atom. The molecular weight excluding hydrogens is 350 g/mol. The average Bonchev–Trinajstić information content (AvgIpc) is 3.26. The summed E-state index contributed by atoms with van der Waals surface area (Å²) in [6.07, 6.45) is 11.0. The minimum atomic E-state index is -3.09. The molecule has 1 N–H and O–H groups in total. The van der Waals surface area contributed by atoms with Gasteiger partial charge in [0.1, 0.15) is 11.2 Å². The third-order valence-electron chi connectivity index (χ3n) is 6.04. The zero-order valence-electron chi connectivity index (χ0n) is 14.8.